The fourth-order valence-electron chi connectivity index (χ4n) is 3.40. The summed E-state index contributed by atoms with van der Waals surface area (Å²) in [6.07, 6.45) is 7.93. The first kappa shape index (κ1) is 22.4. The highest BCUT2D eigenvalue weighted by Crippen LogP contribution is 2.20. The van der Waals surface area contributed by atoms with Gasteiger partial charge >= 0.3 is 0 Å². The molecule has 1 saturated heterocycles. The van der Waals surface area contributed by atoms with Crippen molar-refractivity contribution in [3.05, 3.63) is 53.2 Å². The average Bonchev–Trinajstić information content (AvgIpc) is 2.78. The van der Waals surface area contributed by atoms with Crippen LogP contribution in [0.25, 0.3) is 0 Å². The molecule has 1 aromatic heterocycles. The summed E-state index contributed by atoms with van der Waals surface area (Å²) >= 11 is 7.73. The Kier molecular flexibility index (Phi) is 8.39. The molecule has 1 fully saturated rings. The van der Waals surface area contributed by atoms with Crippen molar-refractivity contribution < 1.29 is 9.59 Å². The molecule has 0 bridgehead atoms. The van der Waals surface area contributed by atoms with Gasteiger partial charge in [0.1, 0.15) is 11.9 Å². The Morgan fingerprint density at radius 1 is 1.17 bits per heavy atom. The van der Waals surface area contributed by atoms with Crippen LogP contribution in [-0.4, -0.2) is 47.9 Å². The molecule has 2 heterocycles. The first-order chi connectivity index (χ1) is 14.6. The number of rotatable bonds is 8. The number of halogens is 1. The van der Waals surface area contributed by atoms with Crippen molar-refractivity contribution in [3.63, 3.8) is 0 Å². The minimum atomic E-state index is -0.676. The minimum absolute atomic E-state index is 0.289. The number of pyridine rings is 1. The second-order valence-corrected chi connectivity index (χ2v) is 8.62. The summed E-state index contributed by atoms with van der Waals surface area (Å²) in [5.41, 5.74) is 1.42. The summed E-state index contributed by atoms with van der Waals surface area (Å²) in [7, 11) is 0. The van der Waals surface area contributed by atoms with E-state index >= 15 is 0 Å². The maximum Gasteiger partial charge on any atom is 0.253 e. The third-order valence-electron chi connectivity index (χ3n) is 5.07. The van der Waals surface area contributed by atoms with Crippen LogP contribution in [0.1, 0.15) is 36.0 Å². The zero-order valence-electron chi connectivity index (χ0n) is 17.1. The van der Waals surface area contributed by atoms with E-state index in [9.17, 15) is 9.59 Å². The Bertz CT molecular complexity index is 856. The maximum absolute atomic E-state index is 12.8. The fourth-order valence-corrected chi connectivity index (χ4v) is 4.09. The lowest BCUT2D eigenvalue weighted by atomic mass is 10.1. The molecular weight excluding hydrogens is 420 g/mol. The number of carbonyl (C=O) groups is 2. The average molecular weight is 447 g/mol. The lowest BCUT2D eigenvalue weighted by molar-refractivity contribution is -0.118. The highest BCUT2D eigenvalue weighted by atomic mass is 35.5. The number of nitrogens with one attached hydrogen (secondary N) is 2. The minimum Gasteiger partial charge on any atom is -0.370 e. The molecule has 8 heteroatoms. The van der Waals surface area contributed by atoms with Crippen LogP contribution in [-0.2, 0) is 4.79 Å². The number of hydrogen-bond donors (Lipinski definition) is 2. The van der Waals surface area contributed by atoms with E-state index in [-0.39, 0.29) is 11.8 Å². The Balaban J connectivity index is 1.64. The summed E-state index contributed by atoms with van der Waals surface area (Å²) in [4.78, 5) is 32.2. The van der Waals surface area contributed by atoms with Gasteiger partial charge in [-0.15, -0.1) is 0 Å². The van der Waals surface area contributed by atoms with E-state index in [1.165, 1.54) is 19.3 Å². The lowest BCUT2D eigenvalue weighted by Crippen LogP contribution is -2.44. The monoisotopic (exact) mass is 446 g/mol. The van der Waals surface area contributed by atoms with Crippen LogP contribution in [0.2, 0.25) is 5.02 Å². The molecule has 1 unspecified atom stereocenters. The third kappa shape index (κ3) is 6.12. The maximum atomic E-state index is 12.8. The lowest BCUT2D eigenvalue weighted by Gasteiger charge is -2.28. The number of piperidine rings is 1. The first-order valence-corrected chi connectivity index (χ1v) is 11.9. The van der Waals surface area contributed by atoms with E-state index in [0.29, 0.717) is 22.8 Å². The summed E-state index contributed by atoms with van der Waals surface area (Å²) in [5.74, 6) is 0.558. The molecule has 3 rings (SSSR count). The van der Waals surface area contributed by atoms with Gasteiger partial charge < -0.3 is 15.5 Å². The summed E-state index contributed by atoms with van der Waals surface area (Å²) in [6, 6.07) is 9.91. The van der Waals surface area contributed by atoms with Crippen molar-refractivity contribution in [2.45, 2.75) is 31.7 Å². The number of nitrogens with zero attached hydrogens (tertiary/aromatic N) is 2. The standard InChI is InChI=1S/C22H27ClN4O2S/c1-30-14-11-19(25-21(28)17-7-3-4-8-18(17)23)22(29)26-20-10-9-16(15-24-20)27-12-5-2-6-13-27/h3-4,7-10,15,19H,2,5-6,11-14H2,1H3,(H,25,28)(H,24,26,29). The van der Waals surface area contributed by atoms with Crippen LogP contribution in [0.3, 0.4) is 0 Å². The highest BCUT2D eigenvalue weighted by Gasteiger charge is 2.22. The molecule has 6 nitrogen and oxygen atoms in total. The molecule has 1 aliphatic rings. The predicted molar refractivity (Wildman–Crippen MR) is 125 cm³/mol. The number of aromatic nitrogens is 1. The molecule has 0 aliphatic carbocycles. The van der Waals surface area contributed by atoms with E-state index in [2.05, 4.69) is 20.5 Å². The van der Waals surface area contributed by atoms with Crippen molar-refractivity contribution in [2.24, 2.45) is 0 Å². The Morgan fingerprint density at radius 3 is 2.60 bits per heavy atom. The Morgan fingerprint density at radius 2 is 1.93 bits per heavy atom. The van der Waals surface area contributed by atoms with Gasteiger partial charge in [0.05, 0.1) is 22.5 Å². The number of thioether (sulfide) groups is 1. The van der Waals surface area contributed by atoms with Crippen LogP contribution >= 0.6 is 23.4 Å². The molecular formula is C22H27ClN4O2S. The van der Waals surface area contributed by atoms with Gasteiger partial charge in [-0.3, -0.25) is 9.59 Å². The van der Waals surface area contributed by atoms with Crippen LogP contribution in [0, 0.1) is 0 Å². The molecule has 0 radical (unpaired) electrons. The SMILES string of the molecule is CSCCC(NC(=O)c1ccccc1Cl)C(=O)Nc1ccc(N2CCCCC2)cn1. The Labute approximate surface area is 186 Å². The smallest absolute Gasteiger partial charge is 0.253 e. The molecule has 2 N–H and O–H groups in total. The van der Waals surface area contributed by atoms with Gasteiger partial charge in [0.15, 0.2) is 0 Å². The van der Waals surface area contributed by atoms with E-state index in [0.717, 1.165) is 24.5 Å². The second-order valence-electron chi connectivity index (χ2n) is 7.23. The molecule has 1 aromatic carbocycles. The van der Waals surface area contributed by atoms with E-state index in [1.807, 2.05) is 18.4 Å². The largest absolute Gasteiger partial charge is 0.370 e. The van der Waals surface area contributed by atoms with E-state index in [1.54, 1.807) is 42.2 Å². The molecule has 1 atom stereocenters. The molecule has 1 aliphatic heterocycles. The molecule has 0 saturated carbocycles. The molecule has 0 spiro atoms. The molecule has 2 amide bonds. The zero-order valence-corrected chi connectivity index (χ0v) is 18.6. The van der Waals surface area contributed by atoms with Crippen LogP contribution < -0.4 is 15.5 Å². The summed E-state index contributed by atoms with van der Waals surface area (Å²) < 4.78 is 0. The molecule has 2 aromatic rings. The summed E-state index contributed by atoms with van der Waals surface area (Å²) in [5, 5.41) is 5.99. The van der Waals surface area contributed by atoms with Crippen molar-refractivity contribution in [2.75, 3.05) is 35.3 Å². The number of carbonyl (C=O) groups excluding carboxylic acids is 2. The van der Waals surface area contributed by atoms with E-state index < -0.39 is 6.04 Å². The van der Waals surface area contributed by atoms with Gasteiger partial charge in [0, 0.05) is 13.1 Å². The Hall–Kier alpha value is -2.25. The normalized spacial score (nSPS) is 14.8. The highest BCUT2D eigenvalue weighted by molar-refractivity contribution is 7.98. The van der Waals surface area contributed by atoms with Gasteiger partial charge in [0.2, 0.25) is 5.91 Å². The molecule has 160 valence electrons. The second kappa shape index (κ2) is 11.2. The van der Waals surface area contributed by atoms with Crippen molar-refractivity contribution in [3.8, 4) is 0 Å². The number of benzene rings is 1. The van der Waals surface area contributed by atoms with Gasteiger partial charge in [-0.05, 0) is 62.0 Å². The van der Waals surface area contributed by atoms with Crippen molar-refractivity contribution in [1.29, 1.82) is 0 Å². The third-order valence-corrected chi connectivity index (χ3v) is 6.04. The topological polar surface area (TPSA) is 74.3 Å². The number of anilines is 2. The number of hydrogen-bond acceptors (Lipinski definition) is 5. The predicted octanol–water partition coefficient (Wildman–Crippen LogP) is 4.22. The van der Waals surface area contributed by atoms with Crippen LogP contribution in [0.15, 0.2) is 42.6 Å². The zero-order chi connectivity index (χ0) is 21.3. The number of amides is 2. The van der Waals surface area contributed by atoms with Crippen LogP contribution in [0.4, 0.5) is 11.5 Å². The van der Waals surface area contributed by atoms with Gasteiger partial charge in [-0.1, -0.05) is 23.7 Å². The summed E-state index contributed by atoms with van der Waals surface area (Å²) in [6.45, 7) is 2.08. The van der Waals surface area contributed by atoms with Gasteiger partial charge in [-0.2, -0.15) is 11.8 Å². The first-order valence-electron chi connectivity index (χ1n) is 10.1. The van der Waals surface area contributed by atoms with Gasteiger partial charge in [-0.25, -0.2) is 4.98 Å². The van der Waals surface area contributed by atoms with Crippen LogP contribution in [0.5, 0.6) is 0 Å². The van der Waals surface area contributed by atoms with E-state index in [4.69, 9.17) is 11.6 Å². The van der Waals surface area contributed by atoms with Gasteiger partial charge in [0.25, 0.3) is 5.91 Å². The fraction of sp³-hybridized carbons (Fsp3) is 0.409. The molecule has 30 heavy (non-hydrogen) atoms. The quantitative estimate of drug-likeness (QED) is 0.635. The van der Waals surface area contributed by atoms with Crippen molar-refractivity contribution in [1.82, 2.24) is 10.3 Å². The van der Waals surface area contributed by atoms with Crippen molar-refractivity contribution >= 4 is 46.7 Å².